The van der Waals surface area contributed by atoms with Crippen molar-refractivity contribution in [3.63, 3.8) is 0 Å². The maximum absolute atomic E-state index is 11.9. The van der Waals surface area contributed by atoms with E-state index in [-0.39, 0.29) is 12.3 Å². The van der Waals surface area contributed by atoms with Crippen LogP contribution < -0.4 is 5.32 Å². The third kappa shape index (κ3) is 5.60. The summed E-state index contributed by atoms with van der Waals surface area (Å²) in [6, 6.07) is 6.47. The van der Waals surface area contributed by atoms with Crippen LogP contribution in [0, 0.1) is 0 Å². The highest BCUT2D eigenvalue weighted by atomic mass is 19.4. The molecule has 106 valence electrons. The Hall–Kier alpha value is -1.76. The third-order valence-corrected chi connectivity index (χ3v) is 2.43. The van der Waals surface area contributed by atoms with Crippen molar-refractivity contribution in [2.75, 3.05) is 20.1 Å². The lowest BCUT2D eigenvalue weighted by atomic mass is 10.2. The van der Waals surface area contributed by atoms with Gasteiger partial charge in [-0.25, -0.2) is 0 Å². The fourth-order valence-electron chi connectivity index (χ4n) is 1.43. The maximum atomic E-state index is 11.9. The Kier molecular flexibility index (Phi) is 5.17. The van der Waals surface area contributed by atoms with Gasteiger partial charge in [-0.3, -0.25) is 4.79 Å². The predicted octanol–water partition coefficient (Wildman–Crippen LogP) is 1.50. The number of aromatic hydroxyl groups is 1. The fourth-order valence-corrected chi connectivity index (χ4v) is 1.43. The van der Waals surface area contributed by atoms with E-state index in [9.17, 15) is 23.1 Å². The van der Waals surface area contributed by atoms with Gasteiger partial charge in [0.05, 0.1) is 13.1 Å². The number of hydrogen-bond donors (Lipinski definition) is 2. The number of nitrogens with zero attached hydrogens (tertiary/aromatic N) is 1. The lowest BCUT2D eigenvalue weighted by molar-refractivity contribution is -0.133. The number of benzene rings is 1. The van der Waals surface area contributed by atoms with Crippen LogP contribution in [0.5, 0.6) is 5.75 Å². The molecule has 0 aromatic heterocycles. The first-order chi connectivity index (χ1) is 8.79. The molecule has 1 amide bonds. The summed E-state index contributed by atoms with van der Waals surface area (Å²) < 4.78 is 35.7. The zero-order valence-corrected chi connectivity index (χ0v) is 10.4. The smallest absolute Gasteiger partial charge is 0.401 e. The van der Waals surface area contributed by atoms with Gasteiger partial charge in [0.2, 0.25) is 5.91 Å². The Bertz CT molecular complexity index is 435. The summed E-state index contributed by atoms with van der Waals surface area (Å²) >= 11 is 0. The van der Waals surface area contributed by atoms with E-state index in [0.29, 0.717) is 5.56 Å². The minimum Gasteiger partial charge on any atom is -0.508 e. The van der Waals surface area contributed by atoms with Crippen LogP contribution in [0.1, 0.15) is 5.56 Å². The van der Waals surface area contributed by atoms with Gasteiger partial charge in [-0.1, -0.05) is 18.2 Å². The average Bonchev–Trinajstić information content (AvgIpc) is 2.30. The van der Waals surface area contributed by atoms with Crippen molar-refractivity contribution in [2.45, 2.75) is 12.7 Å². The Morgan fingerprint density at radius 1 is 1.37 bits per heavy atom. The summed E-state index contributed by atoms with van der Waals surface area (Å²) in [5.74, 6) is -0.432. The average molecular weight is 276 g/mol. The monoisotopic (exact) mass is 276 g/mol. The molecule has 1 aromatic carbocycles. The number of nitrogens with one attached hydrogen (secondary N) is 1. The first-order valence-corrected chi connectivity index (χ1v) is 5.58. The van der Waals surface area contributed by atoms with Crippen LogP contribution in [0.3, 0.4) is 0 Å². The minimum atomic E-state index is -4.34. The molecule has 4 nitrogen and oxygen atoms in total. The van der Waals surface area contributed by atoms with Gasteiger partial charge in [-0.05, 0) is 6.07 Å². The quantitative estimate of drug-likeness (QED) is 0.857. The summed E-state index contributed by atoms with van der Waals surface area (Å²) in [7, 11) is 1.46. The van der Waals surface area contributed by atoms with Crippen molar-refractivity contribution in [2.24, 2.45) is 0 Å². The van der Waals surface area contributed by atoms with Crippen molar-refractivity contribution in [1.29, 1.82) is 0 Å². The standard InChI is InChI=1S/C12H15F3N2O2/c1-17(7-9-4-2-3-5-10(9)18)11(19)6-16-8-12(13,14)15/h2-5,16,18H,6-8H2,1H3. The largest absolute Gasteiger partial charge is 0.508 e. The van der Waals surface area contributed by atoms with Crippen LogP contribution in [-0.4, -0.2) is 42.2 Å². The molecule has 0 saturated carbocycles. The number of alkyl halides is 3. The summed E-state index contributed by atoms with van der Waals surface area (Å²) in [4.78, 5) is 12.8. The number of hydrogen-bond acceptors (Lipinski definition) is 3. The molecule has 0 heterocycles. The van der Waals surface area contributed by atoms with Gasteiger partial charge < -0.3 is 15.3 Å². The van der Waals surface area contributed by atoms with E-state index >= 15 is 0 Å². The van der Waals surface area contributed by atoms with Crippen LogP contribution >= 0.6 is 0 Å². The molecule has 0 atom stereocenters. The zero-order chi connectivity index (χ0) is 14.5. The second kappa shape index (κ2) is 6.42. The zero-order valence-electron chi connectivity index (χ0n) is 10.4. The van der Waals surface area contributed by atoms with Crippen molar-refractivity contribution < 1.29 is 23.1 Å². The Morgan fingerprint density at radius 2 is 2.00 bits per heavy atom. The molecule has 2 N–H and O–H groups in total. The lowest BCUT2D eigenvalue weighted by Gasteiger charge is -2.18. The van der Waals surface area contributed by atoms with Crippen molar-refractivity contribution >= 4 is 5.91 Å². The molecular weight excluding hydrogens is 261 g/mol. The molecular formula is C12H15F3N2O2. The number of para-hydroxylation sites is 1. The molecule has 0 aliphatic carbocycles. The summed E-state index contributed by atoms with van der Waals surface area (Å²) in [6.07, 6.45) is -4.34. The van der Waals surface area contributed by atoms with E-state index in [2.05, 4.69) is 0 Å². The van der Waals surface area contributed by atoms with Gasteiger partial charge >= 0.3 is 6.18 Å². The summed E-state index contributed by atoms with van der Waals surface area (Å²) in [5.41, 5.74) is 0.536. The number of phenols is 1. The number of halogens is 3. The van der Waals surface area contributed by atoms with Crippen LogP contribution in [0.15, 0.2) is 24.3 Å². The normalized spacial score (nSPS) is 11.4. The van der Waals surface area contributed by atoms with Crippen LogP contribution in [-0.2, 0) is 11.3 Å². The van der Waals surface area contributed by atoms with E-state index in [1.165, 1.54) is 18.0 Å². The van der Waals surface area contributed by atoms with Gasteiger partial charge in [0.25, 0.3) is 0 Å². The van der Waals surface area contributed by atoms with Crippen molar-refractivity contribution in [3.05, 3.63) is 29.8 Å². The molecule has 0 saturated heterocycles. The molecule has 0 aliphatic rings. The maximum Gasteiger partial charge on any atom is 0.401 e. The minimum absolute atomic E-state index is 0.0467. The Balaban J connectivity index is 2.43. The second-order valence-corrected chi connectivity index (χ2v) is 4.10. The Labute approximate surface area is 108 Å². The fraction of sp³-hybridized carbons (Fsp3) is 0.417. The topological polar surface area (TPSA) is 52.6 Å². The molecule has 0 fully saturated rings. The van der Waals surface area contributed by atoms with Crippen LogP contribution in [0.2, 0.25) is 0 Å². The lowest BCUT2D eigenvalue weighted by Crippen LogP contribution is -2.38. The van der Waals surface area contributed by atoms with Crippen molar-refractivity contribution in [1.82, 2.24) is 10.2 Å². The number of carbonyl (C=O) groups excluding carboxylic acids is 1. The van der Waals surface area contributed by atoms with Crippen LogP contribution in [0.4, 0.5) is 13.2 Å². The molecule has 0 unspecified atom stereocenters. The number of rotatable bonds is 5. The SMILES string of the molecule is CN(Cc1ccccc1O)C(=O)CNCC(F)(F)F. The third-order valence-electron chi connectivity index (χ3n) is 2.43. The number of phenolic OH excluding ortho intramolecular Hbond substituents is 1. The van der Waals surface area contributed by atoms with Crippen molar-refractivity contribution in [3.8, 4) is 5.75 Å². The first-order valence-electron chi connectivity index (χ1n) is 5.58. The molecule has 0 radical (unpaired) electrons. The molecule has 0 aliphatic heterocycles. The van der Waals surface area contributed by atoms with Gasteiger partial charge in [0.15, 0.2) is 0 Å². The molecule has 0 bridgehead atoms. The number of likely N-dealkylation sites (N-methyl/N-ethyl adjacent to an activating group) is 1. The van der Waals surface area contributed by atoms with Crippen LogP contribution in [0.25, 0.3) is 0 Å². The van der Waals surface area contributed by atoms with Gasteiger partial charge in [-0.15, -0.1) is 0 Å². The highest BCUT2D eigenvalue weighted by Crippen LogP contribution is 2.17. The number of carbonyl (C=O) groups is 1. The van der Waals surface area contributed by atoms with E-state index < -0.39 is 25.2 Å². The first kappa shape index (κ1) is 15.3. The highest BCUT2D eigenvalue weighted by Gasteiger charge is 2.26. The summed E-state index contributed by atoms with van der Waals surface area (Å²) in [5, 5.41) is 11.5. The Morgan fingerprint density at radius 3 is 2.58 bits per heavy atom. The molecule has 19 heavy (non-hydrogen) atoms. The van der Waals surface area contributed by atoms with E-state index in [4.69, 9.17) is 0 Å². The molecule has 7 heteroatoms. The van der Waals surface area contributed by atoms with E-state index in [0.717, 1.165) is 0 Å². The number of amides is 1. The molecule has 1 aromatic rings. The molecule has 0 spiro atoms. The van der Waals surface area contributed by atoms with E-state index in [1.807, 2.05) is 5.32 Å². The van der Waals surface area contributed by atoms with Gasteiger partial charge in [-0.2, -0.15) is 13.2 Å². The summed E-state index contributed by atoms with van der Waals surface area (Å²) in [6.45, 7) is -1.47. The molecule has 1 rings (SSSR count). The van der Waals surface area contributed by atoms with Gasteiger partial charge in [0, 0.05) is 19.2 Å². The van der Waals surface area contributed by atoms with E-state index in [1.54, 1.807) is 18.2 Å². The van der Waals surface area contributed by atoms with Gasteiger partial charge in [0.1, 0.15) is 5.75 Å². The predicted molar refractivity (Wildman–Crippen MR) is 63.5 cm³/mol. The highest BCUT2D eigenvalue weighted by molar-refractivity contribution is 5.78. The second-order valence-electron chi connectivity index (χ2n) is 4.10.